The highest BCUT2D eigenvalue weighted by atomic mass is 32.2. The fourth-order valence-corrected chi connectivity index (χ4v) is 4.83. The molecular formula is C20H25N7O7S2. The number of aromatic nitrogens is 1. The van der Waals surface area contributed by atoms with Crippen LogP contribution in [0.15, 0.2) is 39.8 Å². The molecule has 0 unspecified atom stereocenters. The van der Waals surface area contributed by atoms with Crippen molar-refractivity contribution < 1.29 is 32.1 Å². The molecule has 0 bridgehead atoms. The van der Waals surface area contributed by atoms with Crippen LogP contribution < -0.4 is 21.9 Å². The van der Waals surface area contributed by atoms with E-state index in [1.165, 1.54) is 12.3 Å². The Morgan fingerprint density at radius 2 is 1.94 bits per heavy atom. The number of ketones is 1. The van der Waals surface area contributed by atoms with Crippen LogP contribution in [0.5, 0.6) is 5.75 Å². The number of β-lactam (4-membered cyclic amide) rings is 1. The van der Waals surface area contributed by atoms with Crippen LogP contribution in [0.1, 0.15) is 25.5 Å². The number of aliphatic imine (C=N–C) groups is 1. The summed E-state index contributed by atoms with van der Waals surface area (Å²) < 4.78 is 37.6. The molecule has 2 atom stereocenters. The Morgan fingerprint density at radius 3 is 2.50 bits per heavy atom. The zero-order valence-corrected chi connectivity index (χ0v) is 20.7. The number of amides is 1. The van der Waals surface area contributed by atoms with Crippen LogP contribution in [-0.4, -0.2) is 64.9 Å². The van der Waals surface area contributed by atoms with Gasteiger partial charge >= 0.3 is 10.3 Å². The van der Waals surface area contributed by atoms with Crippen molar-refractivity contribution in [3.63, 3.8) is 0 Å². The first-order chi connectivity index (χ1) is 17.0. The zero-order chi connectivity index (χ0) is 26.5. The lowest BCUT2D eigenvalue weighted by atomic mass is 9.86. The number of rotatable bonds is 12. The minimum absolute atomic E-state index is 0.0477. The van der Waals surface area contributed by atoms with E-state index in [9.17, 15) is 18.0 Å². The number of thiazole rings is 1. The number of hydrogen-bond donors (Lipinski definition) is 4. The lowest BCUT2D eigenvalue weighted by Crippen LogP contribution is -2.62. The Labute approximate surface area is 210 Å². The monoisotopic (exact) mass is 539 g/mol. The number of nitrogens with zero attached hydrogens (tertiary/aromatic N) is 4. The van der Waals surface area contributed by atoms with Gasteiger partial charge in [0.05, 0.1) is 24.3 Å². The molecule has 14 nitrogen and oxygen atoms in total. The molecule has 2 aromatic rings. The second kappa shape index (κ2) is 11.3. The van der Waals surface area contributed by atoms with E-state index in [2.05, 4.69) is 15.1 Å². The van der Waals surface area contributed by atoms with E-state index in [1.54, 1.807) is 24.3 Å². The average Bonchev–Trinajstić information content (AvgIpc) is 3.22. The molecule has 0 aliphatic carbocycles. The van der Waals surface area contributed by atoms with Gasteiger partial charge in [0, 0.05) is 18.2 Å². The van der Waals surface area contributed by atoms with Gasteiger partial charge in [-0.25, -0.2) is 14.3 Å². The highest BCUT2D eigenvalue weighted by Crippen LogP contribution is 2.32. The maximum absolute atomic E-state index is 12.9. The SMILES string of the molecule is C[C@H]1[C@H](CC(=O)/C(=N\OCCCOc2ccc(N=C(N)N)cc2)c2csc(N)n2)C(=O)N1S(=O)(=O)O. The fraction of sp³-hybridized carbons (Fsp3) is 0.350. The average molecular weight is 540 g/mol. The molecule has 1 aromatic carbocycles. The maximum atomic E-state index is 12.9. The van der Waals surface area contributed by atoms with Crippen LogP contribution >= 0.6 is 11.3 Å². The Balaban J connectivity index is 1.55. The summed E-state index contributed by atoms with van der Waals surface area (Å²) in [6, 6.07) is 5.91. The molecule has 1 fully saturated rings. The minimum atomic E-state index is -4.69. The molecule has 0 radical (unpaired) electrons. The van der Waals surface area contributed by atoms with Crippen molar-refractivity contribution in [2.24, 2.45) is 27.5 Å². The molecule has 1 aromatic heterocycles. The summed E-state index contributed by atoms with van der Waals surface area (Å²) in [6.45, 7) is 1.82. The lowest BCUT2D eigenvalue weighted by molar-refractivity contribution is -0.147. The van der Waals surface area contributed by atoms with Gasteiger partial charge in [-0.05, 0) is 31.2 Å². The van der Waals surface area contributed by atoms with Crippen LogP contribution in [0.25, 0.3) is 0 Å². The minimum Gasteiger partial charge on any atom is -0.493 e. The first kappa shape index (κ1) is 26.8. The van der Waals surface area contributed by atoms with Crippen molar-refractivity contribution in [1.29, 1.82) is 0 Å². The van der Waals surface area contributed by atoms with Gasteiger partial charge in [0.2, 0.25) is 5.91 Å². The number of nitrogen functional groups attached to an aromatic ring is 1. The van der Waals surface area contributed by atoms with Crippen LogP contribution in [0, 0.1) is 5.92 Å². The summed E-state index contributed by atoms with van der Waals surface area (Å²) in [6.07, 6.45) is 0.0892. The number of anilines is 1. The number of oxime groups is 1. The quantitative estimate of drug-likeness (QED) is 0.0722. The zero-order valence-electron chi connectivity index (χ0n) is 19.1. The highest BCUT2D eigenvalue weighted by molar-refractivity contribution is 7.84. The number of ether oxygens (including phenoxy) is 1. The molecular weight excluding hydrogens is 514 g/mol. The van der Waals surface area contributed by atoms with Crippen molar-refractivity contribution in [3.05, 3.63) is 35.3 Å². The smallest absolute Gasteiger partial charge is 0.362 e. The Bertz CT molecular complexity index is 1270. The Hall–Kier alpha value is -3.76. The number of carbonyl (C=O) groups is 2. The molecule has 0 spiro atoms. The molecule has 1 aliphatic heterocycles. The van der Waals surface area contributed by atoms with Crippen molar-refractivity contribution in [3.8, 4) is 5.75 Å². The summed E-state index contributed by atoms with van der Waals surface area (Å²) in [7, 11) is -4.69. The summed E-state index contributed by atoms with van der Waals surface area (Å²) in [4.78, 5) is 38.2. The lowest BCUT2D eigenvalue weighted by Gasteiger charge is -2.41. The topological polar surface area (TPSA) is 226 Å². The van der Waals surface area contributed by atoms with Gasteiger partial charge in [-0.3, -0.25) is 14.1 Å². The van der Waals surface area contributed by atoms with E-state index >= 15 is 0 Å². The summed E-state index contributed by atoms with van der Waals surface area (Å²) in [5.41, 5.74) is 16.9. The van der Waals surface area contributed by atoms with Crippen molar-refractivity contribution in [1.82, 2.24) is 9.29 Å². The van der Waals surface area contributed by atoms with Crippen molar-refractivity contribution >= 4 is 55.8 Å². The van der Waals surface area contributed by atoms with E-state index < -0.39 is 34.0 Å². The van der Waals surface area contributed by atoms with Gasteiger partial charge in [-0.15, -0.1) is 11.3 Å². The first-order valence-corrected chi connectivity index (χ1v) is 12.8. The van der Waals surface area contributed by atoms with Gasteiger partial charge in [0.25, 0.3) is 0 Å². The summed E-state index contributed by atoms with van der Waals surface area (Å²) >= 11 is 1.09. The van der Waals surface area contributed by atoms with Crippen LogP contribution in [-0.2, 0) is 24.7 Å². The molecule has 36 heavy (non-hydrogen) atoms. The highest BCUT2D eigenvalue weighted by Gasteiger charge is 2.51. The molecule has 194 valence electrons. The summed E-state index contributed by atoms with van der Waals surface area (Å²) in [5, 5.41) is 5.61. The van der Waals surface area contributed by atoms with Gasteiger partial charge in [0.15, 0.2) is 22.6 Å². The predicted molar refractivity (Wildman–Crippen MR) is 132 cm³/mol. The van der Waals surface area contributed by atoms with Crippen molar-refractivity contribution in [2.45, 2.75) is 25.8 Å². The van der Waals surface area contributed by atoms with E-state index in [4.69, 9.17) is 31.3 Å². The number of carbonyl (C=O) groups excluding carboxylic acids is 2. The number of Topliss-reactive ketones (excluding diaryl/α,β-unsaturated/α-hetero) is 1. The van der Waals surface area contributed by atoms with E-state index in [1.807, 2.05) is 0 Å². The van der Waals surface area contributed by atoms with Crippen LogP contribution in [0.4, 0.5) is 10.8 Å². The normalized spacial score (nSPS) is 17.9. The third-order valence-electron chi connectivity index (χ3n) is 5.07. The second-order valence-corrected chi connectivity index (χ2v) is 9.84. The Kier molecular flexibility index (Phi) is 8.44. The number of nitrogens with two attached hydrogens (primary N) is 3. The molecule has 0 saturated carbocycles. The fourth-order valence-electron chi connectivity index (χ4n) is 3.36. The second-order valence-electron chi connectivity index (χ2n) is 7.66. The van der Waals surface area contributed by atoms with Gasteiger partial charge in [-0.1, -0.05) is 5.16 Å². The van der Waals surface area contributed by atoms with Gasteiger partial charge in [-0.2, -0.15) is 8.42 Å². The first-order valence-electron chi connectivity index (χ1n) is 10.5. The Morgan fingerprint density at radius 1 is 1.25 bits per heavy atom. The number of hydrogen-bond acceptors (Lipinski definition) is 11. The van der Waals surface area contributed by atoms with E-state index in [0.717, 1.165) is 11.3 Å². The number of guanidine groups is 1. The number of benzene rings is 1. The standard InChI is InChI=1S/C20H25N7O7S2/c1-11-14(18(29)27(11)36(30,31)32)9-16(28)17(15-10-35-20(23)25-15)26-34-8-2-7-33-13-5-3-12(4-6-13)24-19(21)22/h3-6,10-11,14H,2,7-9H2,1H3,(H2,23,25)(H4,21,22,24)(H,30,31,32)/b26-17-/t11-,14-/m0/s1. The molecule has 1 aliphatic rings. The predicted octanol–water partition coefficient (Wildman–Crippen LogP) is 0.429. The largest absolute Gasteiger partial charge is 0.493 e. The van der Waals surface area contributed by atoms with Crippen LogP contribution in [0.3, 0.4) is 0 Å². The molecule has 1 saturated heterocycles. The van der Waals surface area contributed by atoms with E-state index in [0.29, 0.717) is 28.8 Å². The third-order valence-corrected chi connectivity index (χ3v) is 6.75. The molecule has 7 N–H and O–H groups in total. The van der Waals surface area contributed by atoms with Crippen molar-refractivity contribution in [2.75, 3.05) is 18.9 Å². The van der Waals surface area contributed by atoms with Gasteiger partial charge in [0.1, 0.15) is 18.1 Å². The third kappa shape index (κ3) is 6.67. The van der Waals surface area contributed by atoms with Gasteiger partial charge < -0.3 is 26.8 Å². The van der Waals surface area contributed by atoms with Crippen LogP contribution in [0.2, 0.25) is 0 Å². The van der Waals surface area contributed by atoms with E-state index in [-0.39, 0.29) is 35.5 Å². The molecule has 16 heteroatoms. The molecule has 1 amide bonds. The maximum Gasteiger partial charge on any atom is 0.362 e. The summed E-state index contributed by atoms with van der Waals surface area (Å²) in [5.74, 6) is -1.85. The molecule has 2 heterocycles. The molecule has 3 rings (SSSR count).